The molecule has 2 rings (SSSR count). The first kappa shape index (κ1) is 15.8. The van der Waals surface area contributed by atoms with Crippen molar-refractivity contribution in [2.45, 2.75) is 71.0 Å². The van der Waals surface area contributed by atoms with E-state index in [1.807, 2.05) is 6.92 Å². The highest BCUT2D eigenvalue weighted by Gasteiger charge is 2.48. The molecule has 0 aromatic carbocycles. The zero-order valence-electron chi connectivity index (χ0n) is 13.4. The molecule has 0 aromatic heterocycles. The molecule has 1 aliphatic heterocycles. The van der Waals surface area contributed by atoms with Crippen molar-refractivity contribution >= 4 is 5.97 Å². The first-order valence-corrected chi connectivity index (χ1v) is 8.20. The average molecular weight is 282 g/mol. The maximum Gasteiger partial charge on any atom is 0.326 e. The molecule has 0 amide bonds. The third-order valence-corrected chi connectivity index (χ3v) is 4.97. The second-order valence-electron chi connectivity index (χ2n) is 6.62. The molecule has 0 radical (unpaired) electrons. The van der Waals surface area contributed by atoms with Gasteiger partial charge < -0.3 is 10.1 Å². The van der Waals surface area contributed by atoms with Crippen molar-refractivity contribution in [2.75, 3.05) is 19.7 Å². The molecule has 20 heavy (non-hydrogen) atoms. The Morgan fingerprint density at radius 2 is 2.15 bits per heavy atom. The Balaban J connectivity index is 2.05. The SMILES string of the molecule is CCNC1(C(=O)OCC)CCC(N2CC(C)CC2C)C1. The maximum atomic E-state index is 12.4. The number of nitrogens with zero attached hydrogens (tertiary/aromatic N) is 1. The summed E-state index contributed by atoms with van der Waals surface area (Å²) in [5.74, 6) is 0.728. The van der Waals surface area contributed by atoms with Crippen LogP contribution in [0, 0.1) is 5.92 Å². The van der Waals surface area contributed by atoms with Crippen LogP contribution in [0.15, 0.2) is 0 Å². The van der Waals surface area contributed by atoms with Crippen LogP contribution < -0.4 is 5.32 Å². The van der Waals surface area contributed by atoms with E-state index in [0.29, 0.717) is 18.7 Å². The van der Waals surface area contributed by atoms with Crippen molar-refractivity contribution in [1.82, 2.24) is 10.2 Å². The molecule has 2 fully saturated rings. The summed E-state index contributed by atoms with van der Waals surface area (Å²) in [6, 6.07) is 1.17. The average Bonchev–Trinajstić information content (AvgIpc) is 2.95. The molecule has 4 unspecified atom stereocenters. The van der Waals surface area contributed by atoms with Crippen molar-refractivity contribution in [1.29, 1.82) is 0 Å². The van der Waals surface area contributed by atoms with Crippen molar-refractivity contribution < 1.29 is 9.53 Å². The Morgan fingerprint density at radius 3 is 2.70 bits per heavy atom. The topological polar surface area (TPSA) is 41.6 Å². The van der Waals surface area contributed by atoms with E-state index in [1.54, 1.807) is 0 Å². The first-order chi connectivity index (χ1) is 9.52. The highest BCUT2D eigenvalue weighted by atomic mass is 16.5. The van der Waals surface area contributed by atoms with Crippen LogP contribution in [0.25, 0.3) is 0 Å². The van der Waals surface area contributed by atoms with Crippen LogP contribution in [-0.2, 0) is 9.53 Å². The number of carbonyl (C=O) groups excluding carboxylic acids is 1. The van der Waals surface area contributed by atoms with E-state index in [-0.39, 0.29) is 5.97 Å². The second kappa shape index (κ2) is 6.44. The summed E-state index contributed by atoms with van der Waals surface area (Å²) in [7, 11) is 0. The Bertz CT molecular complexity index is 347. The van der Waals surface area contributed by atoms with Crippen molar-refractivity contribution in [3.05, 3.63) is 0 Å². The van der Waals surface area contributed by atoms with Gasteiger partial charge in [0.05, 0.1) is 6.61 Å². The van der Waals surface area contributed by atoms with Crippen LogP contribution in [0.5, 0.6) is 0 Å². The number of carbonyl (C=O) groups is 1. The van der Waals surface area contributed by atoms with E-state index in [1.165, 1.54) is 13.0 Å². The van der Waals surface area contributed by atoms with E-state index < -0.39 is 5.54 Å². The first-order valence-electron chi connectivity index (χ1n) is 8.20. The highest BCUT2D eigenvalue weighted by molar-refractivity contribution is 5.81. The summed E-state index contributed by atoms with van der Waals surface area (Å²) in [6.07, 6.45) is 4.19. The minimum absolute atomic E-state index is 0.0516. The Hall–Kier alpha value is -0.610. The second-order valence-corrected chi connectivity index (χ2v) is 6.62. The lowest BCUT2D eigenvalue weighted by atomic mass is 9.97. The van der Waals surface area contributed by atoms with E-state index in [0.717, 1.165) is 31.7 Å². The monoisotopic (exact) mass is 282 g/mol. The zero-order chi connectivity index (χ0) is 14.8. The molecule has 4 heteroatoms. The highest BCUT2D eigenvalue weighted by Crippen LogP contribution is 2.38. The van der Waals surface area contributed by atoms with Crippen molar-refractivity contribution in [2.24, 2.45) is 5.92 Å². The molecule has 0 spiro atoms. The number of likely N-dealkylation sites (tertiary alicyclic amines) is 1. The van der Waals surface area contributed by atoms with Gasteiger partial charge in [-0.05, 0) is 52.0 Å². The molecular weight excluding hydrogens is 252 g/mol. The third kappa shape index (κ3) is 3.01. The summed E-state index contributed by atoms with van der Waals surface area (Å²) >= 11 is 0. The predicted molar refractivity (Wildman–Crippen MR) is 80.6 cm³/mol. The molecule has 1 saturated carbocycles. The van der Waals surface area contributed by atoms with Gasteiger partial charge in [0.15, 0.2) is 0 Å². The van der Waals surface area contributed by atoms with Gasteiger partial charge in [0.2, 0.25) is 0 Å². The molecule has 116 valence electrons. The third-order valence-electron chi connectivity index (χ3n) is 4.97. The summed E-state index contributed by atoms with van der Waals surface area (Å²) in [5, 5.41) is 3.42. The Labute approximate surface area is 123 Å². The van der Waals surface area contributed by atoms with Gasteiger partial charge in [-0.2, -0.15) is 0 Å². The minimum atomic E-state index is -0.443. The summed E-state index contributed by atoms with van der Waals surface area (Å²) in [5.41, 5.74) is -0.443. The molecule has 2 aliphatic rings. The van der Waals surface area contributed by atoms with Gasteiger partial charge in [-0.15, -0.1) is 0 Å². The Morgan fingerprint density at radius 1 is 1.40 bits per heavy atom. The van der Waals surface area contributed by atoms with Crippen LogP contribution in [-0.4, -0.2) is 48.2 Å². The zero-order valence-corrected chi connectivity index (χ0v) is 13.4. The largest absolute Gasteiger partial charge is 0.465 e. The number of esters is 1. The van der Waals surface area contributed by atoms with Gasteiger partial charge in [0.25, 0.3) is 0 Å². The molecule has 0 aromatic rings. The fourth-order valence-electron chi connectivity index (χ4n) is 4.17. The lowest BCUT2D eigenvalue weighted by Crippen LogP contribution is -2.52. The summed E-state index contributed by atoms with van der Waals surface area (Å²) in [4.78, 5) is 15.0. The quantitative estimate of drug-likeness (QED) is 0.785. The molecule has 1 saturated heterocycles. The van der Waals surface area contributed by atoms with Crippen LogP contribution >= 0.6 is 0 Å². The molecule has 4 nitrogen and oxygen atoms in total. The van der Waals surface area contributed by atoms with E-state index >= 15 is 0 Å². The van der Waals surface area contributed by atoms with Gasteiger partial charge >= 0.3 is 5.97 Å². The van der Waals surface area contributed by atoms with Gasteiger partial charge in [-0.25, -0.2) is 0 Å². The minimum Gasteiger partial charge on any atom is -0.465 e. The van der Waals surface area contributed by atoms with Crippen molar-refractivity contribution in [3.8, 4) is 0 Å². The normalized spacial score (nSPS) is 38.3. The lowest BCUT2D eigenvalue weighted by Gasteiger charge is -2.32. The van der Waals surface area contributed by atoms with E-state index in [4.69, 9.17) is 4.74 Å². The number of hydrogen-bond acceptors (Lipinski definition) is 4. The number of ether oxygens (including phenoxy) is 1. The van der Waals surface area contributed by atoms with Crippen LogP contribution in [0.2, 0.25) is 0 Å². The van der Waals surface area contributed by atoms with Crippen LogP contribution in [0.3, 0.4) is 0 Å². The summed E-state index contributed by atoms with van der Waals surface area (Å²) in [6.45, 7) is 11.1. The fourth-order valence-corrected chi connectivity index (χ4v) is 4.17. The number of likely N-dealkylation sites (N-methyl/N-ethyl adjacent to an activating group) is 1. The summed E-state index contributed by atoms with van der Waals surface area (Å²) < 4.78 is 5.32. The van der Waals surface area contributed by atoms with Crippen molar-refractivity contribution in [3.63, 3.8) is 0 Å². The maximum absolute atomic E-state index is 12.4. The van der Waals surface area contributed by atoms with Crippen LogP contribution in [0.1, 0.15) is 53.4 Å². The van der Waals surface area contributed by atoms with Gasteiger partial charge in [-0.1, -0.05) is 13.8 Å². The van der Waals surface area contributed by atoms with Crippen LogP contribution in [0.4, 0.5) is 0 Å². The molecular formula is C16H30N2O2. The molecule has 1 N–H and O–H groups in total. The molecule has 0 bridgehead atoms. The number of hydrogen-bond donors (Lipinski definition) is 1. The lowest BCUT2D eigenvalue weighted by molar-refractivity contribution is -0.151. The van der Waals surface area contributed by atoms with Gasteiger partial charge in [0.1, 0.15) is 5.54 Å². The fraction of sp³-hybridized carbons (Fsp3) is 0.938. The standard InChI is InChI=1S/C16H30N2O2/c1-5-17-16(15(19)20-6-2)8-7-14(10-16)18-11-12(3)9-13(18)4/h12-14,17H,5-11H2,1-4H3. The molecule has 1 heterocycles. The predicted octanol–water partition coefficient (Wildman–Crippen LogP) is 2.18. The van der Waals surface area contributed by atoms with Gasteiger partial charge in [0, 0.05) is 18.6 Å². The van der Waals surface area contributed by atoms with Gasteiger partial charge in [-0.3, -0.25) is 9.69 Å². The number of nitrogens with one attached hydrogen (secondary N) is 1. The van der Waals surface area contributed by atoms with E-state index in [2.05, 4.69) is 31.0 Å². The Kier molecular flexibility index (Phi) is 5.08. The smallest absolute Gasteiger partial charge is 0.326 e. The van der Waals surface area contributed by atoms with E-state index in [9.17, 15) is 4.79 Å². The molecule has 1 aliphatic carbocycles. The molecule has 4 atom stereocenters. The number of rotatable bonds is 5.